The van der Waals surface area contributed by atoms with Gasteiger partial charge in [0.15, 0.2) is 0 Å². The zero-order valence-corrected chi connectivity index (χ0v) is 15.0. The van der Waals surface area contributed by atoms with Crippen molar-refractivity contribution in [1.82, 2.24) is 10.2 Å². The summed E-state index contributed by atoms with van der Waals surface area (Å²) >= 11 is 0. The minimum absolute atomic E-state index is 0. The molecule has 1 saturated heterocycles. The highest BCUT2D eigenvalue weighted by Crippen LogP contribution is 2.20. The number of carbonyl (C=O) groups excluding carboxylic acids is 1. The van der Waals surface area contributed by atoms with Crippen LogP contribution in [0.1, 0.15) is 38.2 Å². The van der Waals surface area contributed by atoms with E-state index in [-0.39, 0.29) is 18.3 Å². The average Bonchev–Trinajstić information content (AvgIpc) is 2.58. The molecule has 0 spiro atoms. The number of hydrogen-bond donors (Lipinski definition) is 1. The third kappa shape index (κ3) is 5.70. The first-order valence-corrected chi connectivity index (χ1v) is 8.38. The first-order valence-electron chi connectivity index (χ1n) is 8.38. The highest BCUT2D eigenvalue weighted by atomic mass is 35.5. The fraction of sp³-hybridized carbons (Fsp3) is 0.611. The molecule has 0 aromatic heterocycles. The quantitative estimate of drug-likeness (QED) is 0.829. The summed E-state index contributed by atoms with van der Waals surface area (Å²) < 4.78 is 5.37. The van der Waals surface area contributed by atoms with E-state index in [0.717, 1.165) is 56.6 Å². The SMILES string of the molecule is CCCN(C(=O)CCc1ccccc1OC)C1CCNCC1.Cl. The number of halogens is 1. The molecule has 0 bridgehead atoms. The Bertz CT molecular complexity index is 476. The van der Waals surface area contributed by atoms with Crippen molar-refractivity contribution in [1.29, 1.82) is 0 Å². The third-order valence-corrected chi connectivity index (χ3v) is 4.34. The molecule has 1 fully saturated rings. The standard InChI is InChI=1S/C18H28N2O2.ClH/c1-3-14-20(16-10-12-19-13-11-16)18(21)9-8-15-6-4-5-7-17(15)22-2;/h4-7,16,19H,3,8-14H2,1-2H3;1H. The molecule has 23 heavy (non-hydrogen) atoms. The second-order valence-corrected chi connectivity index (χ2v) is 5.88. The van der Waals surface area contributed by atoms with Gasteiger partial charge in [0, 0.05) is 19.0 Å². The first-order chi connectivity index (χ1) is 10.8. The van der Waals surface area contributed by atoms with Gasteiger partial charge in [0.05, 0.1) is 7.11 Å². The topological polar surface area (TPSA) is 41.6 Å². The first kappa shape index (κ1) is 19.8. The highest BCUT2D eigenvalue weighted by molar-refractivity contribution is 5.85. The van der Waals surface area contributed by atoms with Crippen LogP contribution >= 0.6 is 12.4 Å². The molecular formula is C18H29ClN2O2. The van der Waals surface area contributed by atoms with Crippen molar-refractivity contribution in [2.45, 2.75) is 45.1 Å². The molecule has 0 unspecified atom stereocenters. The van der Waals surface area contributed by atoms with Gasteiger partial charge in [-0.3, -0.25) is 4.79 Å². The molecule has 1 aromatic carbocycles. The molecule has 1 aliphatic rings. The van der Waals surface area contributed by atoms with E-state index in [9.17, 15) is 4.79 Å². The Morgan fingerprint density at radius 3 is 2.65 bits per heavy atom. The number of amides is 1. The molecule has 4 nitrogen and oxygen atoms in total. The Labute approximate surface area is 146 Å². The lowest BCUT2D eigenvalue weighted by Crippen LogP contribution is -2.46. The van der Waals surface area contributed by atoms with Gasteiger partial charge < -0.3 is 15.0 Å². The van der Waals surface area contributed by atoms with Crippen LogP contribution in [0.15, 0.2) is 24.3 Å². The molecule has 5 heteroatoms. The van der Waals surface area contributed by atoms with Crippen molar-refractivity contribution < 1.29 is 9.53 Å². The van der Waals surface area contributed by atoms with E-state index in [1.165, 1.54) is 0 Å². The lowest BCUT2D eigenvalue weighted by Gasteiger charge is -2.34. The summed E-state index contributed by atoms with van der Waals surface area (Å²) in [5.41, 5.74) is 1.11. The zero-order valence-electron chi connectivity index (χ0n) is 14.2. The Hall–Kier alpha value is -1.26. The maximum Gasteiger partial charge on any atom is 0.223 e. The van der Waals surface area contributed by atoms with Crippen molar-refractivity contribution >= 4 is 18.3 Å². The summed E-state index contributed by atoms with van der Waals surface area (Å²) in [6.07, 6.45) is 4.46. The van der Waals surface area contributed by atoms with E-state index in [1.807, 2.05) is 24.3 Å². The highest BCUT2D eigenvalue weighted by Gasteiger charge is 2.24. The summed E-state index contributed by atoms with van der Waals surface area (Å²) in [6.45, 7) is 5.05. The van der Waals surface area contributed by atoms with Crippen LogP contribution in [0.4, 0.5) is 0 Å². The average molecular weight is 341 g/mol. The largest absolute Gasteiger partial charge is 0.496 e. The number of nitrogens with one attached hydrogen (secondary N) is 1. The molecule has 0 atom stereocenters. The predicted molar refractivity (Wildman–Crippen MR) is 96.5 cm³/mol. The molecule has 0 saturated carbocycles. The fourth-order valence-corrected chi connectivity index (χ4v) is 3.16. The van der Waals surface area contributed by atoms with E-state index in [4.69, 9.17) is 4.74 Å². The lowest BCUT2D eigenvalue weighted by atomic mass is 10.0. The van der Waals surface area contributed by atoms with E-state index in [2.05, 4.69) is 17.1 Å². The van der Waals surface area contributed by atoms with E-state index in [0.29, 0.717) is 12.5 Å². The molecule has 2 rings (SSSR count). The summed E-state index contributed by atoms with van der Waals surface area (Å²) in [6, 6.07) is 8.37. The van der Waals surface area contributed by atoms with Crippen LogP contribution in [-0.4, -0.2) is 43.6 Å². The summed E-state index contributed by atoms with van der Waals surface area (Å²) in [5, 5.41) is 3.37. The maximum absolute atomic E-state index is 12.7. The Morgan fingerprint density at radius 2 is 2.00 bits per heavy atom. The Balaban J connectivity index is 0.00000264. The van der Waals surface area contributed by atoms with Gasteiger partial charge in [-0.1, -0.05) is 25.1 Å². The van der Waals surface area contributed by atoms with Crippen LogP contribution in [0, 0.1) is 0 Å². The second kappa shape index (κ2) is 10.5. The number of benzene rings is 1. The van der Waals surface area contributed by atoms with Gasteiger partial charge in [0.1, 0.15) is 5.75 Å². The molecule has 0 radical (unpaired) electrons. The number of ether oxygens (including phenoxy) is 1. The van der Waals surface area contributed by atoms with Crippen molar-refractivity contribution in [2.24, 2.45) is 0 Å². The van der Waals surface area contributed by atoms with Crippen molar-refractivity contribution in [3.8, 4) is 5.75 Å². The van der Waals surface area contributed by atoms with Crippen molar-refractivity contribution in [2.75, 3.05) is 26.7 Å². The molecular weight excluding hydrogens is 312 g/mol. The lowest BCUT2D eigenvalue weighted by molar-refractivity contribution is -0.134. The number of aryl methyl sites for hydroxylation is 1. The molecule has 1 aliphatic heterocycles. The van der Waals surface area contributed by atoms with Crippen LogP contribution < -0.4 is 10.1 Å². The van der Waals surface area contributed by atoms with Crippen molar-refractivity contribution in [3.63, 3.8) is 0 Å². The molecule has 130 valence electrons. The van der Waals surface area contributed by atoms with E-state index < -0.39 is 0 Å². The Morgan fingerprint density at radius 1 is 1.30 bits per heavy atom. The van der Waals surface area contributed by atoms with E-state index >= 15 is 0 Å². The normalized spacial score (nSPS) is 14.9. The number of piperidine rings is 1. The summed E-state index contributed by atoms with van der Waals surface area (Å²) in [4.78, 5) is 14.8. The molecule has 1 aromatic rings. The minimum atomic E-state index is 0. The Kier molecular flexibility index (Phi) is 9.03. The number of rotatable bonds is 7. The molecule has 1 N–H and O–H groups in total. The van der Waals surface area contributed by atoms with Gasteiger partial charge in [0.2, 0.25) is 5.91 Å². The van der Waals surface area contributed by atoms with Crippen LogP contribution in [0.5, 0.6) is 5.75 Å². The van der Waals surface area contributed by atoms with Crippen LogP contribution in [0.3, 0.4) is 0 Å². The van der Waals surface area contributed by atoms with Crippen LogP contribution in [0.25, 0.3) is 0 Å². The van der Waals surface area contributed by atoms with Gasteiger partial charge in [-0.2, -0.15) is 0 Å². The minimum Gasteiger partial charge on any atom is -0.496 e. The second-order valence-electron chi connectivity index (χ2n) is 5.88. The maximum atomic E-state index is 12.7. The van der Waals surface area contributed by atoms with Crippen LogP contribution in [-0.2, 0) is 11.2 Å². The number of nitrogens with zero attached hydrogens (tertiary/aromatic N) is 1. The third-order valence-electron chi connectivity index (χ3n) is 4.34. The molecule has 1 amide bonds. The number of methoxy groups -OCH3 is 1. The fourth-order valence-electron chi connectivity index (χ4n) is 3.16. The number of para-hydroxylation sites is 1. The van der Waals surface area contributed by atoms with E-state index in [1.54, 1.807) is 7.11 Å². The van der Waals surface area contributed by atoms with Gasteiger partial charge in [-0.05, 0) is 50.4 Å². The number of carbonyl (C=O) groups is 1. The molecule has 0 aliphatic carbocycles. The smallest absolute Gasteiger partial charge is 0.223 e. The monoisotopic (exact) mass is 340 g/mol. The van der Waals surface area contributed by atoms with Gasteiger partial charge in [0.25, 0.3) is 0 Å². The summed E-state index contributed by atoms with van der Waals surface area (Å²) in [7, 11) is 1.68. The van der Waals surface area contributed by atoms with Gasteiger partial charge >= 0.3 is 0 Å². The predicted octanol–water partition coefficient (Wildman–Crippen LogP) is 3.04. The molecule has 1 heterocycles. The van der Waals surface area contributed by atoms with Gasteiger partial charge in [-0.15, -0.1) is 12.4 Å². The zero-order chi connectivity index (χ0) is 15.8. The van der Waals surface area contributed by atoms with Crippen LogP contribution in [0.2, 0.25) is 0 Å². The van der Waals surface area contributed by atoms with Gasteiger partial charge in [-0.25, -0.2) is 0 Å². The van der Waals surface area contributed by atoms with Crippen molar-refractivity contribution in [3.05, 3.63) is 29.8 Å². The summed E-state index contributed by atoms with van der Waals surface area (Å²) in [5.74, 6) is 1.15. The number of hydrogen-bond acceptors (Lipinski definition) is 3.